The molecule has 1 aromatic carbocycles. The summed E-state index contributed by atoms with van der Waals surface area (Å²) in [5.74, 6) is 0.588. The van der Waals surface area contributed by atoms with Gasteiger partial charge in [-0.15, -0.1) is 0 Å². The van der Waals surface area contributed by atoms with E-state index in [0.717, 1.165) is 44.7 Å². The van der Waals surface area contributed by atoms with Crippen molar-refractivity contribution in [3.05, 3.63) is 53.2 Å². The number of carboxylic acids is 1. The number of carboxylic acid groups (broad SMARTS) is 1. The van der Waals surface area contributed by atoms with E-state index in [1.165, 1.54) is 11.3 Å². The molecule has 2 N–H and O–H groups in total. The molecule has 7 heteroatoms. The van der Waals surface area contributed by atoms with Crippen molar-refractivity contribution in [2.45, 2.75) is 33.6 Å². The number of carbonyl (C=O) groups is 1. The Bertz CT molecular complexity index is 968. The Balaban J connectivity index is 1.90. The van der Waals surface area contributed by atoms with Gasteiger partial charge in [0.25, 0.3) is 0 Å². The quantitative estimate of drug-likeness (QED) is 0.565. The van der Waals surface area contributed by atoms with Crippen molar-refractivity contribution in [2.75, 3.05) is 11.9 Å². The van der Waals surface area contributed by atoms with Crippen molar-refractivity contribution in [1.29, 1.82) is 0 Å². The van der Waals surface area contributed by atoms with E-state index >= 15 is 0 Å². The maximum Gasteiger partial charge on any atom is 0.307 e. The Kier molecular flexibility index (Phi) is 6.26. The highest BCUT2D eigenvalue weighted by molar-refractivity contribution is 7.17. The van der Waals surface area contributed by atoms with Crippen LogP contribution in [0.25, 0.3) is 10.7 Å². The minimum atomic E-state index is -0.840. The molecule has 2 heterocycles. The Morgan fingerprint density at radius 2 is 1.89 bits per heavy atom. The van der Waals surface area contributed by atoms with E-state index in [-0.39, 0.29) is 6.42 Å². The van der Waals surface area contributed by atoms with E-state index in [4.69, 9.17) is 14.8 Å². The van der Waals surface area contributed by atoms with E-state index in [9.17, 15) is 4.79 Å². The molecule has 28 heavy (non-hydrogen) atoms. The van der Waals surface area contributed by atoms with Crippen molar-refractivity contribution in [1.82, 2.24) is 9.97 Å². The average Bonchev–Trinajstić information content (AvgIpc) is 3.12. The molecule has 3 aromatic rings. The molecule has 6 nitrogen and oxygen atoms in total. The summed E-state index contributed by atoms with van der Waals surface area (Å²) in [6, 6.07) is 11.3. The summed E-state index contributed by atoms with van der Waals surface area (Å²) in [6.45, 7) is 6.65. The number of aryl methyl sites for hydroxylation is 1. The van der Waals surface area contributed by atoms with Crippen molar-refractivity contribution in [3.63, 3.8) is 0 Å². The second-order valence-electron chi connectivity index (χ2n) is 6.26. The lowest BCUT2D eigenvalue weighted by molar-refractivity contribution is -0.136. The monoisotopic (exact) mass is 397 g/mol. The molecule has 0 saturated heterocycles. The number of aliphatic carboxylic acids is 1. The fourth-order valence-corrected chi connectivity index (χ4v) is 3.76. The van der Waals surface area contributed by atoms with Crippen LogP contribution in [0.3, 0.4) is 0 Å². The van der Waals surface area contributed by atoms with Gasteiger partial charge in [0.15, 0.2) is 10.9 Å². The van der Waals surface area contributed by atoms with Crippen LogP contribution >= 0.6 is 11.3 Å². The van der Waals surface area contributed by atoms with Crippen molar-refractivity contribution >= 4 is 28.8 Å². The Labute approximate surface area is 168 Å². The molecule has 0 saturated carbocycles. The van der Waals surface area contributed by atoms with Gasteiger partial charge in [-0.3, -0.25) is 4.79 Å². The molecule has 0 aliphatic heterocycles. The van der Waals surface area contributed by atoms with Crippen LogP contribution in [-0.4, -0.2) is 27.7 Å². The third kappa shape index (κ3) is 4.67. The number of nitrogens with zero attached hydrogens (tertiary/aromatic N) is 2. The summed E-state index contributed by atoms with van der Waals surface area (Å²) in [5.41, 5.74) is 3.60. The summed E-state index contributed by atoms with van der Waals surface area (Å²) in [5, 5.41) is 13.1. The normalized spacial score (nSPS) is 10.7. The standard InChI is InChI=1S/C21H23N3O3S/c1-4-16-13(3)22-21(17-10-11-19(28-17)27-5-2)24-20(16)23-15-8-6-14(7-9-15)12-18(25)26/h6-11H,4-5,12H2,1-3H3,(H,25,26)(H,22,23,24). The van der Waals surface area contributed by atoms with Gasteiger partial charge in [0.2, 0.25) is 0 Å². The molecule has 0 radical (unpaired) electrons. The number of ether oxygens (including phenoxy) is 1. The zero-order valence-corrected chi connectivity index (χ0v) is 17.0. The second kappa shape index (κ2) is 8.84. The van der Waals surface area contributed by atoms with Gasteiger partial charge in [0, 0.05) is 16.9 Å². The maximum atomic E-state index is 10.8. The fourth-order valence-electron chi connectivity index (χ4n) is 2.91. The zero-order chi connectivity index (χ0) is 20.1. The van der Waals surface area contributed by atoms with Gasteiger partial charge in [0.1, 0.15) is 5.82 Å². The first-order valence-electron chi connectivity index (χ1n) is 9.18. The molecule has 0 amide bonds. The lowest BCUT2D eigenvalue weighted by Crippen LogP contribution is -2.05. The number of hydrogen-bond donors (Lipinski definition) is 2. The third-order valence-electron chi connectivity index (χ3n) is 4.23. The second-order valence-corrected chi connectivity index (χ2v) is 7.30. The fraction of sp³-hybridized carbons (Fsp3) is 0.286. The van der Waals surface area contributed by atoms with Crippen molar-refractivity contribution < 1.29 is 14.6 Å². The van der Waals surface area contributed by atoms with Crippen LogP contribution in [0.4, 0.5) is 11.5 Å². The molecule has 0 atom stereocenters. The molecule has 0 spiro atoms. The summed E-state index contributed by atoms with van der Waals surface area (Å²) in [7, 11) is 0. The van der Waals surface area contributed by atoms with Gasteiger partial charge >= 0.3 is 5.97 Å². The molecule has 3 rings (SSSR count). The minimum Gasteiger partial charge on any atom is -0.484 e. The van der Waals surface area contributed by atoms with Crippen LogP contribution < -0.4 is 10.1 Å². The Morgan fingerprint density at radius 1 is 1.14 bits per heavy atom. The lowest BCUT2D eigenvalue weighted by Gasteiger charge is -2.14. The SMILES string of the molecule is CCOc1ccc(-c2nc(C)c(CC)c(Nc3ccc(CC(=O)O)cc3)n2)s1. The molecule has 0 bridgehead atoms. The number of benzene rings is 1. The summed E-state index contributed by atoms with van der Waals surface area (Å²) >= 11 is 1.52. The molecule has 0 aliphatic rings. The number of hydrogen-bond acceptors (Lipinski definition) is 6. The van der Waals surface area contributed by atoms with Crippen LogP contribution in [0.1, 0.15) is 30.7 Å². The predicted octanol–water partition coefficient (Wildman–Crippen LogP) is 4.85. The summed E-state index contributed by atoms with van der Waals surface area (Å²) in [6.07, 6.45) is 0.817. The van der Waals surface area contributed by atoms with E-state index < -0.39 is 5.97 Å². The highest BCUT2D eigenvalue weighted by atomic mass is 32.1. The Hall–Kier alpha value is -2.93. The van der Waals surface area contributed by atoms with E-state index in [1.54, 1.807) is 0 Å². The first kappa shape index (κ1) is 19.8. The molecule has 0 aliphatic carbocycles. The summed E-state index contributed by atoms with van der Waals surface area (Å²) in [4.78, 5) is 21.2. The number of thiophene rings is 1. The van der Waals surface area contributed by atoms with Gasteiger partial charge < -0.3 is 15.2 Å². The number of rotatable bonds is 8. The number of aromatic nitrogens is 2. The minimum absolute atomic E-state index is 0.0117. The van der Waals surface area contributed by atoms with Crippen LogP contribution in [0.15, 0.2) is 36.4 Å². The lowest BCUT2D eigenvalue weighted by atomic mass is 10.1. The van der Waals surface area contributed by atoms with Crippen LogP contribution in [0, 0.1) is 6.92 Å². The van der Waals surface area contributed by atoms with E-state index in [0.29, 0.717) is 12.4 Å². The third-order valence-corrected chi connectivity index (χ3v) is 5.22. The van der Waals surface area contributed by atoms with Crippen LogP contribution in [0.5, 0.6) is 5.06 Å². The predicted molar refractivity (Wildman–Crippen MR) is 112 cm³/mol. The van der Waals surface area contributed by atoms with E-state index in [1.807, 2.05) is 50.2 Å². The van der Waals surface area contributed by atoms with E-state index in [2.05, 4.69) is 17.2 Å². The topological polar surface area (TPSA) is 84.3 Å². The summed E-state index contributed by atoms with van der Waals surface area (Å²) < 4.78 is 5.55. The Morgan fingerprint density at radius 3 is 2.54 bits per heavy atom. The van der Waals surface area contributed by atoms with Gasteiger partial charge in [-0.1, -0.05) is 30.4 Å². The van der Waals surface area contributed by atoms with Crippen molar-refractivity contribution in [3.8, 4) is 15.8 Å². The first-order chi connectivity index (χ1) is 13.5. The highest BCUT2D eigenvalue weighted by Gasteiger charge is 2.14. The van der Waals surface area contributed by atoms with Gasteiger partial charge in [-0.25, -0.2) is 9.97 Å². The molecular weight excluding hydrogens is 374 g/mol. The highest BCUT2D eigenvalue weighted by Crippen LogP contribution is 2.33. The van der Waals surface area contributed by atoms with Crippen molar-refractivity contribution in [2.24, 2.45) is 0 Å². The molecule has 0 unspecified atom stereocenters. The smallest absolute Gasteiger partial charge is 0.307 e. The largest absolute Gasteiger partial charge is 0.484 e. The number of anilines is 2. The van der Waals surface area contributed by atoms with Crippen LogP contribution in [0.2, 0.25) is 0 Å². The van der Waals surface area contributed by atoms with Crippen LogP contribution in [-0.2, 0) is 17.6 Å². The molecule has 146 valence electrons. The van der Waals surface area contributed by atoms with Gasteiger partial charge in [0.05, 0.1) is 17.9 Å². The first-order valence-corrected chi connectivity index (χ1v) is 10.00. The molecule has 0 fully saturated rings. The van der Waals surface area contributed by atoms with Gasteiger partial charge in [-0.05, 0) is 50.1 Å². The average molecular weight is 398 g/mol. The maximum absolute atomic E-state index is 10.8. The molecule has 2 aromatic heterocycles. The van der Waals surface area contributed by atoms with Gasteiger partial charge in [-0.2, -0.15) is 0 Å². The zero-order valence-electron chi connectivity index (χ0n) is 16.2. The molecular formula is C21H23N3O3S. The number of nitrogens with one attached hydrogen (secondary N) is 1.